The summed E-state index contributed by atoms with van der Waals surface area (Å²) < 4.78 is 0. The minimum absolute atomic E-state index is 0.0272. The predicted octanol–water partition coefficient (Wildman–Crippen LogP) is 2.69. The molecule has 198 valence electrons. The van der Waals surface area contributed by atoms with Crippen LogP contribution in [0.5, 0.6) is 0 Å². The van der Waals surface area contributed by atoms with Gasteiger partial charge in [-0.15, -0.1) is 0 Å². The van der Waals surface area contributed by atoms with Crippen LogP contribution in [-0.4, -0.2) is 56.6 Å². The fraction of sp³-hybridized carbons (Fsp3) is 0.286. The molecule has 10 heteroatoms. The number of nitrogens with zero attached hydrogens (tertiary/aromatic N) is 2. The lowest BCUT2D eigenvalue weighted by molar-refractivity contribution is -0.145. The molecule has 3 atom stereocenters. The smallest absolute Gasteiger partial charge is 0.335 e. The van der Waals surface area contributed by atoms with Crippen molar-refractivity contribution in [1.82, 2.24) is 15.2 Å². The molecule has 2 aromatic carbocycles. The summed E-state index contributed by atoms with van der Waals surface area (Å²) in [6.07, 6.45) is 1.01. The molecule has 1 aliphatic heterocycles. The van der Waals surface area contributed by atoms with Gasteiger partial charge in [0, 0.05) is 30.9 Å². The number of benzene rings is 2. The topological polar surface area (TPSA) is 146 Å². The van der Waals surface area contributed by atoms with Gasteiger partial charge in [-0.2, -0.15) is 0 Å². The molecule has 0 spiro atoms. The Hall–Kier alpha value is -3.79. The van der Waals surface area contributed by atoms with E-state index in [1.54, 1.807) is 42.5 Å². The van der Waals surface area contributed by atoms with Crippen molar-refractivity contribution in [3.8, 4) is 0 Å². The number of aliphatic hydroxyl groups excluding tert-OH is 1. The molecule has 0 unspecified atom stereocenters. The zero-order valence-corrected chi connectivity index (χ0v) is 21.3. The van der Waals surface area contributed by atoms with Crippen molar-refractivity contribution >= 4 is 29.4 Å². The van der Waals surface area contributed by atoms with E-state index in [1.807, 2.05) is 6.07 Å². The van der Waals surface area contributed by atoms with Crippen LogP contribution in [0.2, 0.25) is 5.02 Å². The first-order valence-electron chi connectivity index (χ1n) is 12.3. The van der Waals surface area contributed by atoms with Crippen molar-refractivity contribution in [1.29, 1.82) is 0 Å². The van der Waals surface area contributed by atoms with Gasteiger partial charge in [-0.25, -0.2) is 4.79 Å². The number of aromatic carboxylic acids is 1. The zero-order valence-electron chi connectivity index (χ0n) is 20.6. The Bertz CT molecular complexity index is 1320. The summed E-state index contributed by atoms with van der Waals surface area (Å²) in [7, 11) is 0. The Morgan fingerprint density at radius 2 is 1.92 bits per heavy atom. The number of pyridine rings is 1. The van der Waals surface area contributed by atoms with Gasteiger partial charge in [0.1, 0.15) is 12.1 Å². The van der Waals surface area contributed by atoms with Crippen molar-refractivity contribution in [3.63, 3.8) is 0 Å². The van der Waals surface area contributed by atoms with E-state index in [2.05, 4.69) is 10.3 Å². The van der Waals surface area contributed by atoms with Gasteiger partial charge in [-0.1, -0.05) is 35.9 Å². The quantitative estimate of drug-likeness (QED) is 0.329. The molecule has 2 heterocycles. The number of amides is 2. The number of rotatable bonds is 9. The molecule has 9 nitrogen and oxygen atoms in total. The van der Waals surface area contributed by atoms with Crippen molar-refractivity contribution < 1.29 is 24.6 Å². The van der Waals surface area contributed by atoms with Gasteiger partial charge < -0.3 is 26.2 Å². The van der Waals surface area contributed by atoms with E-state index in [0.717, 1.165) is 11.1 Å². The van der Waals surface area contributed by atoms with Gasteiger partial charge >= 0.3 is 5.97 Å². The predicted molar refractivity (Wildman–Crippen MR) is 141 cm³/mol. The number of carbonyl (C=O) groups is 3. The Labute approximate surface area is 225 Å². The number of halogens is 1. The maximum Gasteiger partial charge on any atom is 0.335 e. The molecule has 3 aromatic rings. The van der Waals surface area contributed by atoms with E-state index in [1.165, 1.54) is 23.2 Å². The second-order valence-corrected chi connectivity index (χ2v) is 9.57. The number of hydrogen-bond donors (Lipinski definition) is 4. The van der Waals surface area contributed by atoms with Crippen LogP contribution in [0.3, 0.4) is 0 Å². The standard InChI is InChI=1S/C28H29ClN4O5/c29-21-10-9-19(15-30)20(14-21)16-32-26(35)23-8-4-12-33(23)27(36)25(34)24(22-7-1-2-11-31-22)17-5-3-6-18(13-17)28(37)38/h1-3,5-7,9-11,13-14,23-25,34H,4,8,12,15-16,30H2,(H,32,35)(H,37,38)/t23-,24+,25+/m0/s1. The van der Waals surface area contributed by atoms with E-state index in [4.69, 9.17) is 17.3 Å². The van der Waals surface area contributed by atoms with Crippen molar-refractivity contribution in [3.05, 3.63) is 99.8 Å². The molecule has 5 N–H and O–H groups in total. The highest BCUT2D eigenvalue weighted by Gasteiger charge is 2.40. The van der Waals surface area contributed by atoms with Crippen molar-refractivity contribution in [2.45, 2.75) is 44.0 Å². The Balaban J connectivity index is 1.55. The molecule has 0 aliphatic carbocycles. The van der Waals surface area contributed by atoms with Crippen LogP contribution in [0.25, 0.3) is 0 Å². The third kappa shape index (κ3) is 6.02. The average molecular weight is 537 g/mol. The highest BCUT2D eigenvalue weighted by Crippen LogP contribution is 2.30. The zero-order chi connectivity index (χ0) is 27.2. The van der Waals surface area contributed by atoms with Crippen molar-refractivity contribution in [2.24, 2.45) is 5.73 Å². The van der Waals surface area contributed by atoms with E-state index in [0.29, 0.717) is 42.2 Å². The maximum atomic E-state index is 13.6. The Morgan fingerprint density at radius 3 is 2.63 bits per heavy atom. The number of carboxylic acid groups (broad SMARTS) is 1. The SMILES string of the molecule is NCc1ccc(Cl)cc1CNC(=O)[C@@H]1CCCN1C(=O)[C@H](O)[C@H](c1cccc(C(=O)O)c1)c1ccccn1. The lowest BCUT2D eigenvalue weighted by atomic mass is 9.88. The third-order valence-corrected chi connectivity index (χ3v) is 6.98. The molecular weight excluding hydrogens is 508 g/mol. The number of aliphatic hydroxyl groups is 1. The summed E-state index contributed by atoms with van der Waals surface area (Å²) >= 11 is 6.10. The van der Waals surface area contributed by atoms with Crippen LogP contribution < -0.4 is 11.1 Å². The molecule has 1 aromatic heterocycles. The Morgan fingerprint density at radius 1 is 1.11 bits per heavy atom. The van der Waals surface area contributed by atoms with Gasteiger partial charge in [0.2, 0.25) is 5.91 Å². The van der Waals surface area contributed by atoms with Crippen LogP contribution in [0, 0.1) is 0 Å². The first kappa shape index (κ1) is 27.3. The molecule has 0 bridgehead atoms. The maximum absolute atomic E-state index is 13.6. The van der Waals surface area contributed by atoms with Crippen LogP contribution in [0.15, 0.2) is 66.9 Å². The lowest BCUT2D eigenvalue weighted by Gasteiger charge is -2.30. The highest BCUT2D eigenvalue weighted by molar-refractivity contribution is 6.30. The van der Waals surface area contributed by atoms with Gasteiger partial charge in [0.15, 0.2) is 0 Å². The summed E-state index contributed by atoms with van der Waals surface area (Å²) in [5, 5.41) is 24.2. The first-order valence-corrected chi connectivity index (χ1v) is 12.7. The molecule has 1 aliphatic rings. The first-order chi connectivity index (χ1) is 18.3. The molecule has 0 radical (unpaired) electrons. The normalized spacial score (nSPS) is 16.6. The molecular formula is C28H29ClN4O5. The van der Waals surface area contributed by atoms with Gasteiger partial charge in [0.25, 0.3) is 5.91 Å². The molecule has 0 saturated carbocycles. The second-order valence-electron chi connectivity index (χ2n) is 9.13. The average Bonchev–Trinajstić information content (AvgIpc) is 3.42. The highest BCUT2D eigenvalue weighted by atomic mass is 35.5. The van der Waals surface area contributed by atoms with E-state index < -0.39 is 29.9 Å². The van der Waals surface area contributed by atoms with Gasteiger partial charge in [-0.3, -0.25) is 14.6 Å². The molecule has 1 fully saturated rings. The summed E-state index contributed by atoms with van der Waals surface area (Å²) in [6, 6.07) is 15.7. The molecule has 4 rings (SSSR count). The fourth-order valence-corrected chi connectivity index (χ4v) is 5.01. The minimum atomic E-state index is -1.58. The molecule has 2 amide bonds. The third-order valence-electron chi connectivity index (χ3n) is 6.75. The molecule has 1 saturated heterocycles. The summed E-state index contributed by atoms with van der Waals surface area (Å²) in [5.74, 6) is -3.01. The Kier molecular flexibility index (Phi) is 8.73. The van der Waals surface area contributed by atoms with E-state index in [-0.39, 0.29) is 18.0 Å². The minimum Gasteiger partial charge on any atom is -0.478 e. The number of hydrogen-bond acceptors (Lipinski definition) is 6. The second kappa shape index (κ2) is 12.2. The number of carboxylic acids is 1. The van der Waals surface area contributed by atoms with Gasteiger partial charge in [0.05, 0.1) is 17.2 Å². The summed E-state index contributed by atoms with van der Waals surface area (Å²) in [6.45, 7) is 0.801. The number of nitrogens with one attached hydrogen (secondary N) is 1. The number of nitrogens with two attached hydrogens (primary N) is 1. The summed E-state index contributed by atoms with van der Waals surface area (Å²) in [5.41, 5.74) is 8.31. The van der Waals surface area contributed by atoms with Gasteiger partial charge in [-0.05, 0) is 65.9 Å². The fourth-order valence-electron chi connectivity index (χ4n) is 4.81. The van der Waals surface area contributed by atoms with E-state index in [9.17, 15) is 24.6 Å². The van der Waals surface area contributed by atoms with Crippen LogP contribution in [0.1, 0.15) is 51.5 Å². The van der Waals surface area contributed by atoms with Crippen LogP contribution in [-0.2, 0) is 22.7 Å². The largest absolute Gasteiger partial charge is 0.478 e. The monoisotopic (exact) mass is 536 g/mol. The van der Waals surface area contributed by atoms with E-state index >= 15 is 0 Å². The molecule has 38 heavy (non-hydrogen) atoms. The number of carbonyl (C=O) groups excluding carboxylic acids is 2. The number of likely N-dealkylation sites (tertiary alicyclic amines) is 1. The number of aromatic nitrogens is 1. The van der Waals surface area contributed by atoms with Crippen LogP contribution in [0.4, 0.5) is 0 Å². The lowest BCUT2D eigenvalue weighted by Crippen LogP contribution is -2.50. The summed E-state index contributed by atoms with van der Waals surface area (Å²) in [4.78, 5) is 44.0. The van der Waals surface area contributed by atoms with Crippen LogP contribution >= 0.6 is 11.6 Å². The van der Waals surface area contributed by atoms with Crippen molar-refractivity contribution in [2.75, 3.05) is 6.54 Å².